The minimum atomic E-state index is -5.03. The summed E-state index contributed by atoms with van der Waals surface area (Å²) in [5.74, 6) is 0.788. The zero-order valence-corrected chi connectivity index (χ0v) is 28.2. The van der Waals surface area contributed by atoms with Gasteiger partial charge in [-0.2, -0.15) is 10.5 Å². The molecule has 0 saturated carbocycles. The molecular formula is C34H38N4O9P-. The first kappa shape index (κ1) is 33.9. The number of fused-ring (bicyclic) bond motifs is 2. The predicted molar refractivity (Wildman–Crippen MR) is 167 cm³/mol. The molecule has 0 spiro atoms. The predicted octanol–water partition coefficient (Wildman–Crippen LogP) is 4.05. The van der Waals surface area contributed by atoms with Crippen LogP contribution in [0.2, 0.25) is 0 Å². The van der Waals surface area contributed by atoms with Crippen LogP contribution in [0.1, 0.15) is 87.7 Å². The average Bonchev–Trinajstić information content (AvgIpc) is 3.66. The summed E-state index contributed by atoms with van der Waals surface area (Å²) in [6.45, 7) is 7.32. The Labute approximate surface area is 279 Å². The highest BCUT2D eigenvalue weighted by atomic mass is 31.2. The summed E-state index contributed by atoms with van der Waals surface area (Å²) >= 11 is 0. The molecule has 48 heavy (non-hydrogen) atoms. The highest BCUT2D eigenvalue weighted by molar-refractivity contribution is 7.45. The van der Waals surface area contributed by atoms with E-state index in [1.165, 1.54) is 0 Å². The Hall–Kier alpha value is -3.97. The van der Waals surface area contributed by atoms with Crippen molar-refractivity contribution >= 4 is 19.6 Å². The van der Waals surface area contributed by atoms with E-state index in [4.69, 9.17) is 23.3 Å². The number of ether oxygens (including phenoxy) is 3. The fraction of sp³-hybridized carbons (Fsp3) is 0.529. The standard InChI is InChI=1S/C34H39N4O9P/c1-33(2)31(29(37-13-5-7-27(37)39)23-17-21(19-35)9-11-25(23)45-33)43-15-16-44-48(41,42)47-32-30(38-14-6-8-28(38)40)24-18-22(20-36)10-12-26(24)46-34(32,3)4/h9-12,17-18,29-32H,5-8,13-16H2,1-4H3,(H,41,42)/p-1. The van der Waals surface area contributed by atoms with E-state index in [0.29, 0.717) is 72.5 Å². The molecule has 0 aliphatic carbocycles. The second-order valence-electron chi connectivity index (χ2n) is 13.5. The Morgan fingerprint density at radius 2 is 1.31 bits per heavy atom. The number of carbonyl (C=O) groups is 2. The maximum atomic E-state index is 13.4. The molecule has 5 atom stereocenters. The number of rotatable bonds is 9. The first-order chi connectivity index (χ1) is 22.7. The topological polar surface area (TPSA) is 174 Å². The summed E-state index contributed by atoms with van der Waals surface area (Å²) in [6, 6.07) is 12.7. The van der Waals surface area contributed by atoms with Crippen LogP contribution in [0, 0.1) is 22.7 Å². The van der Waals surface area contributed by atoms with Gasteiger partial charge in [-0.3, -0.25) is 14.2 Å². The molecule has 5 unspecified atom stereocenters. The van der Waals surface area contributed by atoms with E-state index in [-0.39, 0.29) is 18.4 Å². The van der Waals surface area contributed by atoms with Crippen LogP contribution in [0.25, 0.3) is 0 Å². The molecule has 0 radical (unpaired) electrons. The summed E-state index contributed by atoms with van der Waals surface area (Å²) < 4.78 is 43.2. The van der Waals surface area contributed by atoms with Gasteiger partial charge in [0.05, 0.1) is 48.6 Å². The van der Waals surface area contributed by atoms with Crippen molar-refractivity contribution in [3.8, 4) is 23.6 Å². The third-order valence-electron chi connectivity index (χ3n) is 9.37. The number of likely N-dealkylation sites (tertiary alicyclic amines) is 2. The summed E-state index contributed by atoms with van der Waals surface area (Å²) in [5.41, 5.74) is -0.256. The van der Waals surface area contributed by atoms with Crippen LogP contribution in [0.15, 0.2) is 36.4 Å². The Balaban J connectivity index is 1.20. The van der Waals surface area contributed by atoms with E-state index in [1.807, 2.05) is 13.8 Å². The Bertz CT molecular complexity index is 1750. The second-order valence-corrected chi connectivity index (χ2v) is 14.9. The molecule has 4 aliphatic heterocycles. The number of nitrogens with zero attached hydrogens (tertiary/aromatic N) is 4. The molecule has 2 fully saturated rings. The summed E-state index contributed by atoms with van der Waals surface area (Å²) in [5, 5.41) is 19.1. The van der Waals surface area contributed by atoms with Crippen molar-refractivity contribution in [3.05, 3.63) is 58.7 Å². The molecule has 4 aliphatic rings. The number of hydrogen-bond donors (Lipinski definition) is 0. The molecule has 2 amide bonds. The van der Waals surface area contributed by atoms with Gasteiger partial charge in [0.1, 0.15) is 34.9 Å². The molecule has 14 heteroatoms. The van der Waals surface area contributed by atoms with Gasteiger partial charge in [0, 0.05) is 37.1 Å². The van der Waals surface area contributed by atoms with Crippen LogP contribution in [-0.2, 0) is 27.9 Å². The minimum absolute atomic E-state index is 0.0415. The maximum absolute atomic E-state index is 13.4. The molecule has 0 aromatic heterocycles. The van der Waals surface area contributed by atoms with Gasteiger partial charge in [0.25, 0.3) is 7.82 Å². The third kappa shape index (κ3) is 6.41. The minimum Gasteiger partial charge on any atom is -0.756 e. The first-order valence-corrected chi connectivity index (χ1v) is 17.5. The lowest BCUT2D eigenvalue weighted by atomic mass is 9.84. The molecule has 2 saturated heterocycles. The van der Waals surface area contributed by atoms with Crippen molar-refractivity contribution in [2.45, 2.75) is 88.9 Å². The summed E-state index contributed by atoms with van der Waals surface area (Å²) in [7, 11) is -5.03. The van der Waals surface area contributed by atoms with Crippen molar-refractivity contribution in [1.82, 2.24) is 9.80 Å². The van der Waals surface area contributed by atoms with Gasteiger partial charge in [0.15, 0.2) is 0 Å². The van der Waals surface area contributed by atoms with Crippen LogP contribution in [0.3, 0.4) is 0 Å². The van der Waals surface area contributed by atoms with Crippen molar-refractivity contribution < 1.29 is 42.3 Å². The van der Waals surface area contributed by atoms with E-state index in [1.54, 1.807) is 60.0 Å². The number of amides is 2. The summed E-state index contributed by atoms with van der Waals surface area (Å²) in [6.07, 6.45) is 0.0852. The molecule has 254 valence electrons. The number of hydrogen-bond acceptors (Lipinski definition) is 11. The molecule has 13 nitrogen and oxygen atoms in total. The van der Waals surface area contributed by atoms with Gasteiger partial charge in [-0.1, -0.05) is 0 Å². The average molecular weight is 678 g/mol. The van der Waals surface area contributed by atoms with Crippen molar-refractivity contribution in [1.29, 1.82) is 10.5 Å². The molecular weight excluding hydrogens is 639 g/mol. The SMILES string of the molecule is CC1(C)Oc2ccc(C#N)cc2C(N2CCCC2=O)C1OCCOP(=O)([O-])OC1C(N2CCCC2=O)c2cc(C#N)ccc2OC1(C)C. The second kappa shape index (κ2) is 12.8. The van der Waals surface area contributed by atoms with E-state index < -0.39 is 49.9 Å². The van der Waals surface area contributed by atoms with Crippen LogP contribution >= 0.6 is 7.82 Å². The monoisotopic (exact) mass is 677 g/mol. The quantitative estimate of drug-likeness (QED) is 0.277. The highest BCUT2D eigenvalue weighted by Crippen LogP contribution is 2.52. The smallest absolute Gasteiger partial charge is 0.268 e. The van der Waals surface area contributed by atoms with Gasteiger partial charge in [-0.15, -0.1) is 0 Å². The number of carbonyl (C=O) groups excluding carboxylic acids is 2. The zero-order chi connectivity index (χ0) is 34.4. The van der Waals surface area contributed by atoms with E-state index in [0.717, 1.165) is 0 Å². The highest BCUT2D eigenvalue weighted by Gasteiger charge is 2.52. The lowest BCUT2D eigenvalue weighted by Gasteiger charge is -2.48. The fourth-order valence-corrected chi connectivity index (χ4v) is 8.22. The molecule has 4 heterocycles. The Kier molecular flexibility index (Phi) is 9.05. The lowest BCUT2D eigenvalue weighted by molar-refractivity contribution is -0.241. The summed E-state index contributed by atoms with van der Waals surface area (Å²) in [4.78, 5) is 42.6. The van der Waals surface area contributed by atoms with E-state index in [9.17, 15) is 29.6 Å². The van der Waals surface area contributed by atoms with Crippen molar-refractivity contribution in [3.63, 3.8) is 0 Å². The molecule has 0 bridgehead atoms. The van der Waals surface area contributed by atoms with Crippen LogP contribution in [-0.4, -0.2) is 71.3 Å². The molecule has 6 rings (SSSR count). The number of phosphoric ester groups is 1. The number of benzene rings is 2. The zero-order valence-electron chi connectivity index (χ0n) is 27.3. The Morgan fingerprint density at radius 1 is 0.833 bits per heavy atom. The van der Waals surface area contributed by atoms with Crippen LogP contribution in [0.4, 0.5) is 0 Å². The van der Waals surface area contributed by atoms with E-state index >= 15 is 0 Å². The normalized spacial score (nSPS) is 26.8. The van der Waals surface area contributed by atoms with Crippen molar-refractivity contribution in [2.24, 2.45) is 0 Å². The van der Waals surface area contributed by atoms with Crippen LogP contribution in [0.5, 0.6) is 11.5 Å². The van der Waals surface area contributed by atoms with Crippen molar-refractivity contribution in [2.75, 3.05) is 26.3 Å². The van der Waals surface area contributed by atoms with E-state index in [2.05, 4.69) is 12.1 Å². The maximum Gasteiger partial charge on any atom is 0.268 e. The van der Waals surface area contributed by atoms with Gasteiger partial charge < -0.3 is 38.0 Å². The van der Waals surface area contributed by atoms with Gasteiger partial charge in [-0.05, 0) is 76.9 Å². The van der Waals surface area contributed by atoms with Gasteiger partial charge >= 0.3 is 0 Å². The van der Waals surface area contributed by atoms with Gasteiger partial charge in [0.2, 0.25) is 11.8 Å². The molecule has 2 aromatic rings. The third-order valence-corrected chi connectivity index (χ3v) is 10.4. The largest absolute Gasteiger partial charge is 0.756 e. The molecule has 2 aromatic carbocycles. The number of phosphoric acid groups is 1. The first-order valence-electron chi connectivity index (χ1n) is 16.1. The van der Waals surface area contributed by atoms with Gasteiger partial charge in [-0.25, -0.2) is 0 Å². The Morgan fingerprint density at radius 3 is 1.77 bits per heavy atom. The molecule has 0 N–H and O–H groups in total. The lowest BCUT2D eigenvalue weighted by Crippen LogP contribution is -2.55. The number of nitriles is 2. The fourth-order valence-electron chi connectivity index (χ4n) is 7.21. The van der Waals surface area contributed by atoms with Crippen LogP contribution < -0.4 is 14.4 Å².